The molecule has 26 heavy (non-hydrogen) atoms. The summed E-state index contributed by atoms with van der Waals surface area (Å²) in [6, 6.07) is 0.744. The maximum atomic E-state index is 12.9. The predicted molar refractivity (Wildman–Crippen MR) is 84.6 cm³/mol. The van der Waals surface area contributed by atoms with Gasteiger partial charge in [0.1, 0.15) is 0 Å². The lowest BCUT2D eigenvalue weighted by atomic mass is 9.94. The van der Waals surface area contributed by atoms with Gasteiger partial charge in [0.05, 0.1) is 11.1 Å². The van der Waals surface area contributed by atoms with Crippen LogP contribution >= 0.6 is 0 Å². The molecule has 0 heterocycles. The molecule has 1 aliphatic rings. The van der Waals surface area contributed by atoms with Crippen LogP contribution in [0.4, 0.5) is 26.3 Å². The van der Waals surface area contributed by atoms with Gasteiger partial charge in [-0.15, -0.1) is 0 Å². The number of halogens is 6. The summed E-state index contributed by atoms with van der Waals surface area (Å²) in [6.07, 6.45) is -5.72. The summed E-state index contributed by atoms with van der Waals surface area (Å²) in [6.45, 7) is 3.99. The molecule has 0 spiro atoms. The zero-order chi connectivity index (χ0) is 19.8. The van der Waals surface area contributed by atoms with Crippen molar-refractivity contribution in [1.29, 1.82) is 0 Å². The third-order valence-electron chi connectivity index (χ3n) is 4.84. The maximum absolute atomic E-state index is 12.9. The van der Waals surface area contributed by atoms with Gasteiger partial charge < -0.3 is 5.32 Å². The van der Waals surface area contributed by atoms with E-state index in [1.165, 1.54) is 0 Å². The first-order valence-corrected chi connectivity index (χ1v) is 8.53. The highest BCUT2D eigenvalue weighted by molar-refractivity contribution is 5.95. The van der Waals surface area contributed by atoms with E-state index in [-0.39, 0.29) is 17.5 Å². The fraction of sp³-hybridized carbons (Fsp3) is 0.611. The van der Waals surface area contributed by atoms with Gasteiger partial charge in [-0.1, -0.05) is 26.7 Å². The van der Waals surface area contributed by atoms with Crippen LogP contribution in [0.2, 0.25) is 0 Å². The Morgan fingerprint density at radius 1 is 1.00 bits per heavy atom. The van der Waals surface area contributed by atoms with Crippen molar-refractivity contribution < 1.29 is 31.1 Å². The monoisotopic (exact) mass is 381 g/mol. The van der Waals surface area contributed by atoms with Crippen molar-refractivity contribution >= 4 is 5.91 Å². The minimum Gasteiger partial charge on any atom is -0.349 e. The average molecular weight is 381 g/mol. The molecule has 1 aromatic rings. The molecule has 1 amide bonds. The summed E-state index contributed by atoms with van der Waals surface area (Å²) in [7, 11) is 0. The van der Waals surface area contributed by atoms with Crippen LogP contribution < -0.4 is 5.32 Å². The van der Waals surface area contributed by atoms with Crippen LogP contribution in [-0.4, -0.2) is 11.9 Å². The van der Waals surface area contributed by atoms with Gasteiger partial charge >= 0.3 is 12.4 Å². The lowest BCUT2D eigenvalue weighted by molar-refractivity contribution is -0.143. The van der Waals surface area contributed by atoms with Crippen molar-refractivity contribution in [3.05, 3.63) is 34.9 Å². The quantitative estimate of drug-likeness (QED) is 0.619. The SMILES string of the molecule is CCCC1(CCC)C[C@@H]1NC(=O)c1cc(C(F)(F)F)cc(C(F)(F)F)c1. The van der Waals surface area contributed by atoms with Crippen molar-refractivity contribution in [1.82, 2.24) is 5.32 Å². The Hall–Kier alpha value is -1.73. The van der Waals surface area contributed by atoms with Crippen LogP contribution in [0.5, 0.6) is 0 Å². The zero-order valence-electron chi connectivity index (χ0n) is 14.5. The Labute approximate surface area is 148 Å². The fourth-order valence-corrected chi connectivity index (χ4v) is 3.55. The molecule has 0 unspecified atom stereocenters. The molecule has 146 valence electrons. The van der Waals surface area contributed by atoms with Gasteiger partial charge in [0.15, 0.2) is 0 Å². The van der Waals surface area contributed by atoms with Gasteiger partial charge in [-0.2, -0.15) is 26.3 Å². The molecule has 1 atom stereocenters. The molecule has 0 aliphatic heterocycles. The van der Waals surface area contributed by atoms with E-state index in [2.05, 4.69) is 5.32 Å². The van der Waals surface area contributed by atoms with Crippen LogP contribution in [0.25, 0.3) is 0 Å². The summed E-state index contributed by atoms with van der Waals surface area (Å²) in [5, 5.41) is 2.61. The Kier molecular flexibility index (Phi) is 5.63. The van der Waals surface area contributed by atoms with Gasteiger partial charge in [0, 0.05) is 11.6 Å². The number of nitrogens with one attached hydrogen (secondary N) is 1. The first-order valence-electron chi connectivity index (χ1n) is 8.53. The topological polar surface area (TPSA) is 29.1 Å². The first kappa shape index (κ1) is 20.6. The number of rotatable bonds is 6. The van der Waals surface area contributed by atoms with Crippen LogP contribution in [0.3, 0.4) is 0 Å². The maximum Gasteiger partial charge on any atom is 0.416 e. The fourth-order valence-electron chi connectivity index (χ4n) is 3.55. The van der Waals surface area contributed by atoms with Crippen molar-refractivity contribution in [3.63, 3.8) is 0 Å². The molecule has 0 bridgehead atoms. The number of carbonyl (C=O) groups is 1. The van der Waals surface area contributed by atoms with Crippen molar-refractivity contribution in [3.8, 4) is 0 Å². The molecule has 1 aromatic carbocycles. The number of hydrogen-bond acceptors (Lipinski definition) is 1. The molecular formula is C18H21F6NO. The highest BCUT2D eigenvalue weighted by Crippen LogP contribution is 2.53. The van der Waals surface area contributed by atoms with Crippen LogP contribution in [-0.2, 0) is 12.4 Å². The number of benzene rings is 1. The number of alkyl halides is 6. The molecule has 1 saturated carbocycles. The van der Waals surface area contributed by atoms with E-state index in [9.17, 15) is 31.1 Å². The number of carbonyl (C=O) groups excluding carboxylic acids is 1. The normalized spacial score (nSPS) is 19.3. The van der Waals surface area contributed by atoms with Crippen molar-refractivity contribution in [2.24, 2.45) is 5.41 Å². The summed E-state index contributed by atoms with van der Waals surface area (Å²) < 4.78 is 77.4. The molecule has 2 nitrogen and oxygen atoms in total. The highest BCUT2D eigenvalue weighted by atomic mass is 19.4. The Morgan fingerprint density at radius 3 is 1.85 bits per heavy atom. The molecule has 0 aromatic heterocycles. The minimum absolute atomic E-state index is 0.0202. The van der Waals surface area contributed by atoms with E-state index in [1.807, 2.05) is 13.8 Å². The highest BCUT2D eigenvalue weighted by Gasteiger charge is 2.53. The Bertz CT molecular complexity index is 626. The third-order valence-corrected chi connectivity index (χ3v) is 4.84. The van der Waals surface area contributed by atoms with Crippen molar-refractivity contribution in [2.75, 3.05) is 0 Å². The largest absolute Gasteiger partial charge is 0.416 e. The predicted octanol–water partition coefficient (Wildman–Crippen LogP) is 5.81. The van der Waals surface area contributed by atoms with Gasteiger partial charge in [-0.05, 0) is 42.9 Å². The molecule has 1 fully saturated rings. The standard InChI is InChI=1S/C18H21F6NO/c1-3-5-16(6-4-2)10-14(16)25-15(26)11-7-12(17(19,20)21)9-13(8-11)18(22,23)24/h7-9,14H,3-6,10H2,1-2H3,(H,25,26)/t14-/m0/s1. The molecular weight excluding hydrogens is 360 g/mol. The number of amides is 1. The average Bonchev–Trinajstić information content (AvgIpc) is 3.17. The van der Waals surface area contributed by atoms with E-state index in [0.29, 0.717) is 18.6 Å². The molecule has 2 rings (SSSR count). The van der Waals surface area contributed by atoms with E-state index >= 15 is 0 Å². The summed E-state index contributed by atoms with van der Waals surface area (Å²) in [5.74, 6) is -0.902. The summed E-state index contributed by atoms with van der Waals surface area (Å²) >= 11 is 0. The van der Waals surface area contributed by atoms with Crippen LogP contribution in [0.1, 0.15) is 67.4 Å². The van der Waals surface area contributed by atoms with Crippen molar-refractivity contribution in [2.45, 2.75) is 64.3 Å². The van der Waals surface area contributed by atoms with E-state index < -0.39 is 35.0 Å². The van der Waals surface area contributed by atoms with E-state index in [0.717, 1.165) is 25.7 Å². The second kappa shape index (κ2) is 7.12. The molecule has 0 radical (unpaired) electrons. The zero-order valence-corrected chi connectivity index (χ0v) is 14.5. The lowest BCUT2D eigenvalue weighted by Gasteiger charge is -2.17. The second-order valence-corrected chi connectivity index (χ2v) is 6.89. The van der Waals surface area contributed by atoms with Gasteiger partial charge in [0.2, 0.25) is 0 Å². The number of hydrogen-bond donors (Lipinski definition) is 1. The second-order valence-electron chi connectivity index (χ2n) is 6.89. The lowest BCUT2D eigenvalue weighted by Crippen LogP contribution is -2.30. The van der Waals surface area contributed by atoms with Crippen LogP contribution in [0, 0.1) is 5.41 Å². The van der Waals surface area contributed by atoms with Gasteiger partial charge in [0.25, 0.3) is 5.91 Å². The summed E-state index contributed by atoms with van der Waals surface area (Å²) in [5.41, 5.74) is -3.68. The van der Waals surface area contributed by atoms with E-state index in [4.69, 9.17) is 0 Å². The Balaban J connectivity index is 2.26. The van der Waals surface area contributed by atoms with Gasteiger partial charge in [-0.25, -0.2) is 0 Å². The minimum atomic E-state index is -4.97. The van der Waals surface area contributed by atoms with E-state index in [1.54, 1.807) is 0 Å². The Morgan fingerprint density at radius 2 is 1.46 bits per heavy atom. The third kappa shape index (κ3) is 4.51. The van der Waals surface area contributed by atoms with Crippen LogP contribution in [0.15, 0.2) is 18.2 Å². The smallest absolute Gasteiger partial charge is 0.349 e. The molecule has 1 aliphatic carbocycles. The first-order chi connectivity index (χ1) is 11.9. The molecule has 0 saturated heterocycles. The van der Waals surface area contributed by atoms with Gasteiger partial charge in [-0.3, -0.25) is 4.79 Å². The molecule has 8 heteroatoms. The molecule has 1 N–H and O–H groups in total. The summed E-state index contributed by atoms with van der Waals surface area (Å²) in [4.78, 5) is 12.3.